The SMILES string of the molecule is CN(C(=O)CNc1ncc(C=CC(=O)O)cc1Cl)C1CCCCC1. The number of nitrogens with zero attached hydrogens (tertiary/aromatic N) is 2. The minimum absolute atomic E-state index is 0.00890. The number of nitrogens with one attached hydrogen (secondary N) is 1. The monoisotopic (exact) mass is 351 g/mol. The Morgan fingerprint density at radius 1 is 1.42 bits per heavy atom. The summed E-state index contributed by atoms with van der Waals surface area (Å²) in [6, 6.07) is 1.92. The number of hydrogen-bond acceptors (Lipinski definition) is 4. The molecule has 0 spiro atoms. The Bertz CT molecular complexity index is 628. The maximum atomic E-state index is 12.3. The van der Waals surface area contributed by atoms with Crippen molar-refractivity contribution in [2.24, 2.45) is 0 Å². The summed E-state index contributed by atoms with van der Waals surface area (Å²) in [4.78, 5) is 28.7. The molecule has 1 aromatic rings. The average molecular weight is 352 g/mol. The molecular formula is C17H22ClN3O3. The first-order valence-electron chi connectivity index (χ1n) is 8.03. The molecule has 130 valence electrons. The zero-order valence-corrected chi connectivity index (χ0v) is 14.4. The highest BCUT2D eigenvalue weighted by atomic mass is 35.5. The first kappa shape index (κ1) is 18.3. The Hall–Kier alpha value is -2.08. The fourth-order valence-corrected chi connectivity index (χ4v) is 3.04. The lowest BCUT2D eigenvalue weighted by atomic mass is 9.94. The number of carbonyl (C=O) groups excluding carboxylic acids is 1. The highest BCUT2D eigenvalue weighted by Gasteiger charge is 2.21. The van der Waals surface area contributed by atoms with Crippen LogP contribution in [0.2, 0.25) is 5.02 Å². The molecule has 0 saturated heterocycles. The number of carbonyl (C=O) groups is 2. The van der Waals surface area contributed by atoms with E-state index in [2.05, 4.69) is 10.3 Å². The van der Waals surface area contributed by atoms with E-state index in [1.165, 1.54) is 31.5 Å². The van der Waals surface area contributed by atoms with Crippen molar-refractivity contribution in [3.63, 3.8) is 0 Å². The molecule has 0 radical (unpaired) electrons. The predicted molar refractivity (Wildman–Crippen MR) is 94.0 cm³/mol. The summed E-state index contributed by atoms with van der Waals surface area (Å²) in [6.07, 6.45) is 9.65. The van der Waals surface area contributed by atoms with Crippen molar-refractivity contribution < 1.29 is 14.7 Å². The standard InChI is InChI=1S/C17H22ClN3O3/c1-21(13-5-3-2-4-6-13)15(22)11-20-17-14(18)9-12(10-19-17)7-8-16(23)24/h7-10,13H,2-6,11H2,1H3,(H,19,20)(H,23,24). The first-order chi connectivity index (χ1) is 11.5. The molecule has 1 aliphatic carbocycles. The Morgan fingerprint density at radius 2 is 2.12 bits per heavy atom. The quantitative estimate of drug-likeness (QED) is 0.770. The van der Waals surface area contributed by atoms with Crippen LogP contribution in [0.4, 0.5) is 5.82 Å². The topological polar surface area (TPSA) is 82.5 Å². The minimum atomic E-state index is -1.04. The largest absolute Gasteiger partial charge is 0.478 e. The number of pyridine rings is 1. The van der Waals surface area contributed by atoms with Crippen molar-refractivity contribution >= 4 is 35.4 Å². The summed E-state index contributed by atoms with van der Waals surface area (Å²) in [6.45, 7) is 0.129. The van der Waals surface area contributed by atoms with Crippen LogP contribution in [0, 0.1) is 0 Å². The van der Waals surface area contributed by atoms with E-state index in [9.17, 15) is 9.59 Å². The van der Waals surface area contributed by atoms with Crippen molar-refractivity contribution in [2.45, 2.75) is 38.1 Å². The molecule has 2 rings (SSSR count). The third-order valence-electron chi connectivity index (χ3n) is 4.20. The van der Waals surface area contributed by atoms with Crippen LogP contribution < -0.4 is 5.32 Å². The molecular weight excluding hydrogens is 330 g/mol. The van der Waals surface area contributed by atoms with E-state index in [0.717, 1.165) is 18.9 Å². The lowest BCUT2D eigenvalue weighted by Crippen LogP contribution is -2.41. The Balaban J connectivity index is 1.91. The summed E-state index contributed by atoms with van der Waals surface area (Å²) in [5.74, 6) is -0.617. The van der Waals surface area contributed by atoms with E-state index in [-0.39, 0.29) is 12.5 Å². The smallest absolute Gasteiger partial charge is 0.328 e. The van der Waals surface area contributed by atoms with Crippen LogP contribution in [0.1, 0.15) is 37.7 Å². The number of rotatable bonds is 6. The van der Waals surface area contributed by atoms with E-state index >= 15 is 0 Å². The van der Waals surface area contributed by atoms with E-state index < -0.39 is 5.97 Å². The molecule has 24 heavy (non-hydrogen) atoms. The van der Waals surface area contributed by atoms with Gasteiger partial charge in [-0.05, 0) is 30.5 Å². The van der Waals surface area contributed by atoms with Gasteiger partial charge in [-0.2, -0.15) is 0 Å². The second-order valence-corrected chi connectivity index (χ2v) is 6.33. The van der Waals surface area contributed by atoms with Crippen LogP contribution in [0.3, 0.4) is 0 Å². The van der Waals surface area contributed by atoms with E-state index in [1.54, 1.807) is 6.07 Å². The molecule has 7 heteroatoms. The van der Waals surface area contributed by atoms with E-state index in [0.29, 0.717) is 22.4 Å². The molecule has 0 aromatic carbocycles. The summed E-state index contributed by atoms with van der Waals surface area (Å²) in [5.41, 5.74) is 0.582. The zero-order chi connectivity index (χ0) is 17.5. The fraction of sp³-hybridized carbons (Fsp3) is 0.471. The maximum absolute atomic E-state index is 12.3. The summed E-state index contributed by atoms with van der Waals surface area (Å²) >= 11 is 6.13. The number of carboxylic acid groups (broad SMARTS) is 1. The second kappa shape index (κ2) is 8.68. The van der Waals surface area contributed by atoms with Crippen LogP contribution in [0.5, 0.6) is 0 Å². The second-order valence-electron chi connectivity index (χ2n) is 5.92. The van der Waals surface area contributed by atoms with Gasteiger partial charge in [0, 0.05) is 25.4 Å². The summed E-state index contributed by atoms with van der Waals surface area (Å²) in [5, 5.41) is 11.9. The molecule has 1 aromatic heterocycles. The number of anilines is 1. The Labute approximate surface area is 146 Å². The van der Waals surface area contributed by atoms with Gasteiger partial charge in [0.15, 0.2) is 0 Å². The van der Waals surface area contributed by atoms with E-state index in [4.69, 9.17) is 16.7 Å². The van der Waals surface area contributed by atoms with Gasteiger partial charge in [-0.3, -0.25) is 4.79 Å². The van der Waals surface area contributed by atoms with Gasteiger partial charge in [-0.15, -0.1) is 0 Å². The molecule has 1 saturated carbocycles. The Morgan fingerprint density at radius 3 is 2.75 bits per heavy atom. The van der Waals surface area contributed by atoms with Crippen LogP contribution in [0.15, 0.2) is 18.3 Å². The van der Waals surface area contributed by atoms with Gasteiger partial charge in [0.25, 0.3) is 0 Å². The first-order valence-corrected chi connectivity index (χ1v) is 8.41. The lowest BCUT2D eigenvalue weighted by molar-refractivity contribution is -0.131. The zero-order valence-electron chi connectivity index (χ0n) is 13.7. The summed E-state index contributed by atoms with van der Waals surface area (Å²) in [7, 11) is 1.84. The third-order valence-corrected chi connectivity index (χ3v) is 4.49. The number of carboxylic acids is 1. The molecule has 1 aliphatic rings. The van der Waals surface area contributed by atoms with Crippen molar-refractivity contribution in [1.29, 1.82) is 0 Å². The highest BCUT2D eigenvalue weighted by molar-refractivity contribution is 6.33. The third kappa shape index (κ3) is 5.23. The fourth-order valence-electron chi connectivity index (χ4n) is 2.80. The molecule has 0 unspecified atom stereocenters. The van der Waals surface area contributed by atoms with Gasteiger partial charge in [-0.1, -0.05) is 30.9 Å². The van der Waals surface area contributed by atoms with Gasteiger partial charge in [-0.25, -0.2) is 9.78 Å². The minimum Gasteiger partial charge on any atom is -0.478 e. The number of aliphatic carboxylic acids is 1. The molecule has 2 N–H and O–H groups in total. The van der Waals surface area contributed by atoms with Crippen molar-refractivity contribution in [3.05, 3.63) is 28.9 Å². The van der Waals surface area contributed by atoms with Crippen LogP contribution in [-0.2, 0) is 9.59 Å². The number of hydrogen-bond donors (Lipinski definition) is 2. The predicted octanol–water partition coefficient (Wildman–Crippen LogP) is 3.04. The summed E-state index contributed by atoms with van der Waals surface area (Å²) < 4.78 is 0. The highest BCUT2D eigenvalue weighted by Crippen LogP contribution is 2.23. The Kier molecular flexibility index (Phi) is 6.61. The molecule has 0 bridgehead atoms. The van der Waals surface area contributed by atoms with Crippen molar-refractivity contribution in [1.82, 2.24) is 9.88 Å². The number of halogens is 1. The van der Waals surface area contributed by atoms with Crippen molar-refractivity contribution in [3.8, 4) is 0 Å². The molecule has 0 aliphatic heterocycles. The van der Waals surface area contributed by atoms with Crippen LogP contribution >= 0.6 is 11.6 Å². The molecule has 1 amide bonds. The van der Waals surface area contributed by atoms with Gasteiger partial charge < -0.3 is 15.3 Å². The van der Waals surface area contributed by atoms with Gasteiger partial charge in [0.05, 0.1) is 11.6 Å². The normalized spacial score (nSPS) is 15.4. The van der Waals surface area contributed by atoms with Gasteiger partial charge in [0.2, 0.25) is 5.91 Å². The molecule has 1 fully saturated rings. The van der Waals surface area contributed by atoms with Gasteiger partial charge >= 0.3 is 5.97 Å². The number of likely N-dealkylation sites (N-methyl/N-ethyl adjacent to an activating group) is 1. The number of aromatic nitrogens is 1. The average Bonchev–Trinajstić information content (AvgIpc) is 2.59. The molecule has 6 nitrogen and oxygen atoms in total. The van der Waals surface area contributed by atoms with Gasteiger partial charge in [0.1, 0.15) is 5.82 Å². The van der Waals surface area contributed by atoms with E-state index in [1.807, 2.05) is 11.9 Å². The lowest BCUT2D eigenvalue weighted by Gasteiger charge is -2.31. The van der Waals surface area contributed by atoms with Crippen LogP contribution in [0.25, 0.3) is 6.08 Å². The molecule has 1 heterocycles. The number of amides is 1. The maximum Gasteiger partial charge on any atom is 0.328 e. The van der Waals surface area contributed by atoms with Crippen molar-refractivity contribution in [2.75, 3.05) is 18.9 Å². The van der Waals surface area contributed by atoms with Crippen LogP contribution in [-0.4, -0.2) is 46.5 Å². The molecule has 0 atom stereocenters.